The zero-order valence-corrected chi connectivity index (χ0v) is 14.8. The van der Waals surface area contributed by atoms with Gasteiger partial charge >= 0.3 is 5.97 Å². The first-order chi connectivity index (χ1) is 9.48. The predicted molar refractivity (Wildman–Crippen MR) is 87.0 cm³/mol. The zero-order valence-electron chi connectivity index (χ0n) is 13.8. The Morgan fingerprint density at radius 1 is 1.10 bits per heavy atom. The predicted octanol–water partition coefficient (Wildman–Crippen LogP) is 4.81. The van der Waals surface area contributed by atoms with Gasteiger partial charge in [0.1, 0.15) is 0 Å². The van der Waals surface area contributed by atoms with Crippen LogP contribution in [0, 0.1) is 0 Å². The van der Waals surface area contributed by atoms with Gasteiger partial charge in [0.05, 0.1) is 12.4 Å². The summed E-state index contributed by atoms with van der Waals surface area (Å²) >= 11 is 0. The Bertz CT molecular complexity index is 335. The summed E-state index contributed by atoms with van der Waals surface area (Å²) in [5.74, 6) is 0.582. The number of carbonyl (C=O) groups excluding carboxylic acids is 1. The van der Waals surface area contributed by atoms with Gasteiger partial charge in [-0.25, -0.2) is 0 Å². The lowest BCUT2D eigenvalue weighted by Gasteiger charge is -2.30. The summed E-state index contributed by atoms with van der Waals surface area (Å²) in [5.41, 5.74) is 1.02. The van der Waals surface area contributed by atoms with Crippen molar-refractivity contribution in [3.05, 3.63) is 24.0 Å². The van der Waals surface area contributed by atoms with Crippen LogP contribution >= 0.6 is 0 Å². The van der Waals surface area contributed by atoms with Gasteiger partial charge in [-0.3, -0.25) is 4.79 Å². The molecule has 0 saturated heterocycles. The Labute approximate surface area is 125 Å². The molecule has 20 heavy (non-hydrogen) atoms. The molecule has 0 aliphatic rings. The molecule has 0 N–H and O–H groups in total. The molecule has 0 aromatic carbocycles. The van der Waals surface area contributed by atoms with Gasteiger partial charge in [0.15, 0.2) is 0 Å². The van der Waals surface area contributed by atoms with Crippen LogP contribution in [0.15, 0.2) is 24.0 Å². The molecule has 0 radical (unpaired) electrons. The fourth-order valence-corrected chi connectivity index (χ4v) is 4.79. The first kappa shape index (κ1) is 19.0. The van der Waals surface area contributed by atoms with Crippen molar-refractivity contribution in [1.82, 2.24) is 0 Å². The smallest absolute Gasteiger partial charge is 0.306 e. The molecule has 0 aromatic rings. The summed E-state index contributed by atoms with van der Waals surface area (Å²) in [6, 6.07) is 3.27. The van der Waals surface area contributed by atoms with Crippen LogP contribution < -0.4 is 0 Å². The van der Waals surface area contributed by atoms with E-state index in [9.17, 15) is 4.79 Å². The number of hydrogen-bond acceptors (Lipinski definition) is 3. The molecule has 0 saturated carbocycles. The molecule has 0 aliphatic carbocycles. The van der Waals surface area contributed by atoms with E-state index in [0.717, 1.165) is 29.5 Å². The maximum Gasteiger partial charge on any atom is 0.306 e. The van der Waals surface area contributed by atoms with Crippen LogP contribution in [0.1, 0.15) is 47.5 Å². The van der Waals surface area contributed by atoms with Crippen molar-refractivity contribution in [1.29, 1.82) is 0 Å². The Morgan fingerprint density at radius 3 is 2.05 bits per heavy atom. The summed E-state index contributed by atoms with van der Waals surface area (Å²) in [7, 11) is -1.69. The average Bonchev–Trinajstić information content (AvgIpc) is 2.46. The molecule has 4 heteroatoms. The van der Waals surface area contributed by atoms with Crippen molar-refractivity contribution < 1.29 is 14.0 Å². The molecule has 3 nitrogen and oxygen atoms in total. The number of carbonyl (C=O) groups is 1. The minimum absolute atomic E-state index is 0.162. The van der Waals surface area contributed by atoms with E-state index in [1.165, 1.54) is 0 Å². The van der Waals surface area contributed by atoms with Gasteiger partial charge in [-0.2, -0.15) is 0 Å². The highest BCUT2D eigenvalue weighted by molar-refractivity contribution is 6.73. The molecular formula is C16H30O3Si. The van der Waals surface area contributed by atoms with Gasteiger partial charge in [-0.05, 0) is 44.0 Å². The normalized spacial score (nSPS) is 12.2. The van der Waals surface area contributed by atoms with Gasteiger partial charge in [0.2, 0.25) is 8.32 Å². The first-order valence-corrected chi connectivity index (χ1v) is 10.2. The minimum atomic E-state index is -1.69. The van der Waals surface area contributed by atoms with Crippen LogP contribution in [0.2, 0.25) is 18.1 Å². The summed E-state index contributed by atoms with van der Waals surface area (Å²) in [6.45, 7) is 14.9. The van der Waals surface area contributed by atoms with Crippen LogP contribution in [0.25, 0.3) is 0 Å². The molecule has 0 amide bonds. The lowest BCUT2D eigenvalue weighted by atomic mass is 10.1. The SMILES string of the molecule is C=C(O[Si](CC)(CC)CC)/C(=C/C)CCC(=O)OCC. The second-order valence-corrected chi connectivity index (χ2v) is 9.58. The number of allylic oxidation sites excluding steroid dienone is 2. The molecule has 0 atom stereocenters. The van der Waals surface area contributed by atoms with Crippen molar-refractivity contribution in [3.63, 3.8) is 0 Å². The molecule has 0 spiro atoms. The Hall–Kier alpha value is -1.03. The van der Waals surface area contributed by atoms with E-state index in [1.807, 2.05) is 19.9 Å². The molecule has 0 heterocycles. The van der Waals surface area contributed by atoms with Crippen molar-refractivity contribution in [2.24, 2.45) is 0 Å². The third-order valence-corrected chi connectivity index (χ3v) is 8.43. The van der Waals surface area contributed by atoms with Crippen molar-refractivity contribution in [3.8, 4) is 0 Å². The molecule has 0 bridgehead atoms. The standard InChI is InChI=1S/C16H30O3Si/c1-7-15(12-13-16(17)18-8-2)14(6)19-20(9-3,10-4)11-5/h7H,6,8-13H2,1-5H3/b15-7+. The number of rotatable bonds is 10. The highest BCUT2D eigenvalue weighted by Gasteiger charge is 2.31. The molecule has 0 aromatic heterocycles. The van der Waals surface area contributed by atoms with Gasteiger partial charge < -0.3 is 9.16 Å². The third-order valence-electron chi connectivity index (χ3n) is 3.88. The van der Waals surface area contributed by atoms with Crippen molar-refractivity contribution in [2.75, 3.05) is 6.61 Å². The van der Waals surface area contributed by atoms with E-state index in [0.29, 0.717) is 19.4 Å². The highest BCUT2D eigenvalue weighted by atomic mass is 28.4. The maximum atomic E-state index is 11.4. The van der Waals surface area contributed by atoms with E-state index in [-0.39, 0.29) is 5.97 Å². The lowest BCUT2D eigenvalue weighted by Crippen LogP contribution is -2.35. The molecule has 116 valence electrons. The van der Waals surface area contributed by atoms with Crippen LogP contribution in [-0.2, 0) is 14.0 Å². The van der Waals surface area contributed by atoms with E-state index in [1.54, 1.807) is 0 Å². The summed E-state index contributed by atoms with van der Waals surface area (Å²) in [5, 5.41) is 0. The summed E-state index contributed by atoms with van der Waals surface area (Å²) in [4.78, 5) is 11.4. The minimum Gasteiger partial charge on any atom is -0.544 e. The van der Waals surface area contributed by atoms with Gasteiger partial charge in [-0.15, -0.1) is 0 Å². The van der Waals surface area contributed by atoms with Crippen LogP contribution in [0.5, 0.6) is 0 Å². The topological polar surface area (TPSA) is 35.5 Å². The Kier molecular flexibility index (Phi) is 9.30. The monoisotopic (exact) mass is 298 g/mol. The first-order valence-electron chi connectivity index (χ1n) is 7.67. The van der Waals surface area contributed by atoms with Crippen molar-refractivity contribution >= 4 is 14.3 Å². The van der Waals surface area contributed by atoms with Gasteiger partial charge in [-0.1, -0.05) is 33.4 Å². The van der Waals surface area contributed by atoms with E-state index in [2.05, 4.69) is 27.4 Å². The molecular weight excluding hydrogens is 268 g/mol. The van der Waals surface area contributed by atoms with E-state index >= 15 is 0 Å². The summed E-state index contributed by atoms with van der Waals surface area (Å²) in [6.07, 6.45) is 3.01. The number of hydrogen-bond donors (Lipinski definition) is 0. The second kappa shape index (κ2) is 9.81. The maximum absolute atomic E-state index is 11.4. The van der Waals surface area contributed by atoms with Gasteiger partial charge in [0, 0.05) is 6.42 Å². The van der Waals surface area contributed by atoms with Gasteiger partial charge in [0.25, 0.3) is 0 Å². The number of esters is 1. The summed E-state index contributed by atoms with van der Waals surface area (Å²) < 4.78 is 11.2. The zero-order chi connectivity index (χ0) is 15.6. The fourth-order valence-electron chi connectivity index (χ4n) is 2.21. The van der Waals surface area contributed by atoms with E-state index in [4.69, 9.17) is 9.16 Å². The third kappa shape index (κ3) is 5.95. The van der Waals surface area contributed by atoms with Crippen molar-refractivity contribution in [2.45, 2.75) is 65.6 Å². The molecule has 0 fully saturated rings. The number of ether oxygens (including phenoxy) is 1. The van der Waals surface area contributed by atoms with Crippen LogP contribution in [0.3, 0.4) is 0 Å². The largest absolute Gasteiger partial charge is 0.544 e. The van der Waals surface area contributed by atoms with Crippen LogP contribution in [0.4, 0.5) is 0 Å². The Balaban J connectivity index is 4.60. The van der Waals surface area contributed by atoms with Crippen LogP contribution in [-0.4, -0.2) is 20.9 Å². The lowest BCUT2D eigenvalue weighted by molar-refractivity contribution is -0.143. The Morgan fingerprint density at radius 2 is 1.65 bits per heavy atom. The second-order valence-electron chi connectivity index (χ2n) is 4.89. The average molecular weight is 298 g/mol. The fraction of sp³-hybridized carbons (Fsp3) is 0.688. The molecule has 0 rings (SSSR count). The molecule has 0 aliphatic heterocycles. The van der Waals surface area contributed by atoms with E-state index < -0.39 is 8.32 Å². The quantitative estimate of drug-likeness (QED) is 0.251. The highest BCUT2D eigenvalue weighted by Crippen LogP contribution is 2.28. The molecule has 0 unspecified atom stereocenters.